The van der Waals surface area contributed by atoms with E-state index in [1.165, 1.54) is 36.4 Å². The number of hydrogen-bond donors (Lipinski definition) is 0. The molecule has 144 valence electrons. The average molecular weight is 405 g/mol. The van der Waals surface area contributed by atoms with Crippen LogP contribution in [-0.4, -0.2) is 43.0 Å². The summed E-state index contributed by atoms with van der Waals surface area (Å²) in [5, 5.41) is -0.193. The van der Waals surface area contributed by atoms with E-state index in [1.54, 1.807) is 4.90 Å². The van der Waals surface area contributed by atoms with Crippen LogP contribution in [0, 0.1) is 11.6 Å². The molecule has 28 heavy (non-hydrogen) atoms. The number of halogens is 3. The molecule has 0 N–H and O–H groups in total. The maximum atomic E-state index is 13.5. The fraction of sp³-hybridized carbons (Fsp3) is 0.200. The van der Waals surface area contributed by atoms with Crippen LogP contribution in [0.25, 0.3) is 5.57 Å². The molecule has 8 heteroatoms. The molecule has 1 saturated heterocycles. The van der Waals surface area contributed by atoms with Gasteiger partial charge in [0.25, 0.3) is 11.8 Å². The number of carbonyl (C=O) groups is 2. The van der Waals surface area contributed by atoms with Gasteiger partial charge in [0.15, 0.2) is 0 Å². The number of morpholine rings is 1. The second kappa shape index (κ2) is 7.33. The molecule has 2 aromatic rings. The lowest BCUT2D eigenvalue weighted by atomic mass is 10.0. The van der Waals surface area contributed by atoms with Crippen LogP contribution in [-0.2, 0) is 14.3 Å². The Morgan fingerprint density at radius 2 is 1.61 bits per heavy atom. The molecule has 2 aromatic carbocycles. The van der Waals surface area contributed by atoms with Crippen molar-refractivity contribution in [3.63, 3.8) is 0 Å². The summed E-state index contributed by atoms with van der Waals surface area (Å²) in [6.07, 6.45) is 0. The summed E-state index contributed by atoms with van der Waals surface area (Å²) < 4.78 is 32.2. The van der Waals surface area contributed by atoms with E-state index in [0.717, 1.165) is 11.0 Å². The van der Waals surface area contributed by atoms with Crippen molar-refractivity contribution in [2.75, 3.05) is 31.2 Å². The van der Waals surface area contributed by atoms with Crippen molar-refractivity contribution in [1.29, 1.82) is 0 Å². The van der Waals surface area contributed by atoms with Crippen LogP contribution in [0.4, 0.5) is 14.5 Å². The van der Waals surface area contributed by atoms with E-state index in [1.807, 2.05) is 0 Å². The molecule has 2 aliphatic rings. The number of amides is 2. The minimum absolute atomic E-state index is 0.171. The standard InChI is InChI=1S/C20H15ClF2N2O3/c21-15-11-14(5-6-16(15)23)25-19(26)17(12-1-3-13(22)4-2-12)18(20(25)27)24-7-9-28-10-8-24/h1-6,11H,7-10H2. The molecule has 0 spiro atoms. The Morgan fingerprint density at radius 3 is 2.25 bits per heavy atom. The maximum Gasteiger partial charge on any atom is 0.282 e. The zero-order valence-electron chi connectivity index (χ0n) is 14.6. The Balaban J connectivity index is 1.82. The van der Waals surface area contributed by atoms with Crippen molar-refractivity contribution in [3.05, 3.63) is 70.4 Å². The SMILES string of the molecule is O=C1C(c2ccc(F)cc2)=C(N2CCOCC2)C(=O)N1c1ccc(F)c(Cl)c1. The van der Waals surface area contributed by atoms with Crippen LogP contribution in [0.5, 0.6) is 0 Å². The zero-order chi connectivity index (χ0) is 19.8. The van der Waals surface area contributed by atoms with Gasteiger partial charge in [0.05, 0.1) is 29.5 Å². The van der Waals surface area contributed by atoms with E-state index < -0.39 is 23.4 Å². The first kappa shape index (κ1) is 18.6. The van der Waals surface area contributed by atoms with Gasteiger partial charge in [-0.2, -0.15) is 0 Å². The Bertz CT molecular complexity index is 985. The molecule has 2 heterocycles. The summed E-state index contributed by atoms with van der Waals surface area (Å²) in [7, 11) is 0. The minimum Gasteiger partial charge on any atom is -0.378 e. The van der Waals surface area contributed by atoms with E-state index in [2.05, 4.69) is 0 Å². The molecule has 2 amide bonds. The third-order valence-electron chi connectivity index (χ3n) is 4.68. The van der Waals surface area contributed by atoms with Crippen LogP contribution >= 0.6 is 11.6 Å². The van der Waals surface area contributed by atoms with Gasteiger partial charge in [0, 0.05) is 13.1 Å². The molecule has 0 aromatic heterocycles. The molecule has 4 rings (SSSR count). The molecule has 0 atom stereocenters. The largest absolute Gasteiger partial charge is 0.378 e. The number of ether oxygens (including phenoxy) is 1. The van der Waals surface area contributed by atoms with Gasteiger partial charge in [0.2, 0.25) is 0 Å². The second-order valence-electron chi connectivity index (χ2n) is 6.37. The summed E-state index contributed by atoms with van der Waals surface area (Å²) in [6, 6.07) is 9.03. The summed E-state index contributed by atoms with van der Waals surface area (Å²) in [5.41, 5.74) is 0.994. The first-order valence-corrected chi connectivity index (χ1v) is 9.02. The van der Waals surface area contributed by atoms with Crippen molar-refractivity contribution in [3.8, 4) is 0 Å². The molecular formula is C20H15ClF2N2O3. The molecule has 5 nitrogen and oxygen atoms in total. The maximum absolute atomic E-state index is 13.5. The molecule has 2 aliphatic heterocycles. The van der Waals surface area contributed by atoms with E-state index in [0.29, 0.717) is 31.9 Å². The van der Waals surface area contributed by atoms with Gasteiger partial charge in [-0.1, -0.05) is 23.7 Å². The third-order valence-corrected chi connectivity index (χ3v) is 4.97. The lowest BCUT2D eigenvalue weighted by molar-refractivity contribution is -0.121. The van der Waals surface area contributed by atoms with Gasteiger partial charge in [-0.15, -0.1) is 0 Å². The Kier molecular flexibility index (Phi) is 4.87. The number of benzene rings is 2. The monoisotopic (exact) mass is 404 g/mol. The Labute approximate surface area is 164 Å². The fourth-order valence-electron chi connectivity index (χ4n) is 3.33. The molecule has 0 unspecified atom stereocenters. The summed E-state index contributed by atoms with van der Waals surface area (Å²) in [6.45, 7) is 1.72. The molecule has 0 bridgehead atoms. The number of rotatable bonds is 3. The van der Waals surface area contributed by atoms with Crippen LogP contribution in [0.15, 0.2) is 48.2 Å². The topological polar surface area (TPSA) is 49.9 Å². The number of nitrogens with zero attached hydrogens (tertiary/aromatic N) is 2. The smallest absolute Gasteiger partial charge is 0.282 e. The minimum atomic E-state index is -0.648. The summed E-state index contributed by atoms with van der Waals surface area (Å²) >= 11 is 5.84. The number of hydrogen-bond acceptors (Lipinski definition) is 4. The summed E-state index contributed by atoms with van der Waals surface area (Å²) in [5.74, 6) is -2.20. The first-order chi connectivity index (χ1) is 13.5. The quantitative estimate of drug-likeness (QED) is 0.737. The molecule has 0 saturated carbocycles. The predicted octanol–water partition coefficient (Wildman–Crippen LogP) is 3.23. The molecular weight excluding hydrogens is 390 g/mol. The molecule has 0 aliphatic carbocycles. The average Bonchev–Trinajstić information content (AvgIpc) is 2.96. The second-order valence-corrected chi connectivity index (χ2v) is 6.78. The van der Waals surface area contributed by atoms with Gasteiger partial charge in [-0.25, -0.2) is 13.7 Å². The molecule has 0 radical (unpaired) electrons. The van der Waals surface area contributed by atoms with E-state index in [4.69, 9.17) is 16.3 Å². The fourth-order valence-corrected chi connectivity index (χ4v) is 3.51. The van der Waals surface area contributed by atoms with Crippen LogP contribution in [0.3, 0.4) is 0 Å². The van der Waals surface area contributed by atoms with Crippen molar-refractivity contribution in [2.24, 2.45) is 0 Å². The van der Waals surface area contributed by atoms with Gasteiger partial charge >= 0.3 is 0 Å². The van der Waals surface area contributed by atoms with Crippen molar-refractivity contribution < 1.29 is 23.1 Å². The lowest BCUT2D eigenvalue weighted by Crippen LogP contribution is -2.40. The Morgan fingerprint density at radius 1 is 0.929 bits per heavy atom. The number of carbonyl (C=O) groups excluding carboxylic acids is 2. The Hall–Kier alpha value is -2.77. The zero-order valence-corrected chi connectivity index (χ0v) is 15.4. The van der Waals surface area contributed by atoms with Gasteiger partial charge in [-0.3, -0.25) is 9.59 Å². The summed E-state index contributed by atoms with van der Waals surface area (Å²) in [4.78, 5) is 29.2. The van der Waals surface area contributed by atoms with E-state index >= 15 is 0 Å². The van der Waals surface area contributed by atoms with E-state index in [-0.39, 0.29) is 22.0 Å². The highest BCUT2D eigenvalue weighted by molar-refractivity contribution is 6.45. The van der Waals surface area contributed by atoms with Crippen molar-refractivity contribution in [2.45, 2.75) is 0 Å². The van der Waals surface area contributed by atoms with Gasteiger partial charge in [-0.05, 0) is 35.9 Å². The van der Waals surface area contributed by atoms with Crippen LogP contribution in [0.2, 0.25) is 5.02 Å². The highest BCUT2D eigenvalue weighted by Crippen LogP contribution is 2.36. The third kappa shape index (κ3) is 3.16. The highest BCUT2D eigenvalue weighted by atomic mass is 35.5. The van der Waals surface area contributed by atoms with Gasteiger partial charge < -0.3 is 9.64 Å². The predicted molar refractivity (Wildman–Crippen MR) is 99.6 cm³/mol. The van der Waals surface area contributed by atoms with E-state index in [9.17, 15) is 18.4 Å². The van der Waals surface area contributed by atoms with Crippen molar-refractivity contribution in [1.82, 2.24) is 4.90 Å². The highest BCUT2D eigenvalue weighted by Gasteiger charge is 2.42. The van der Waals surface area contributed by atoms with Crippen LogP contribution < -0.4 is 4.90 Å². The number of imide groups is 1. The first-order valence-electron chi connectivity index (χ1n) is 8.64. The lowest BCUT2D eigenvalue weighted by Gasteiger charge is -2.29. The molecule has 1 fully saturated rings. The van der Waals surface area contributed by atoms with Crippen molar-refractivity contribution >= 4 is 34.7 Å². The normalized spacial score (nSPS) is 17.7. The van der Waals surface area contributed by atoms with Crippen LogP contribution in [0.1, 0.15) is 5.56 Å². The van der Waals surface area contributed by atoms with Gasteiger partial charge in [0.1, 0.15) is 17.3 Å². The number of anilines is 1.